The Kier molecular flexibility index (Phi) is 4.89. The molecule has 29 heavy (non-hydrogen) atoms. The number of benzene rings is 2. The lowest BCUT2D eigenvalue weighted by molar-refractivity contribution is 0.0424. The summed E-state index contributed by atoms with van der Waals surface area (Å²) < 4.78 is 12.8. The summed E-state index contributed by atoms with van der Waals surface area (Å²) in [4.78, 5) is 2.22. The second-order valence-corrected chi connectivity index (χ2v) is 8.72. The summed E-state index contributed by atoms with van der Waals surface area (Å²) in [5.74, 6) is 0.985. The highest BCUT2D eigenvalue weighted by Crippen LogP contribution is 2.51. The number of rotatable bonds is 7. The maximum atomic E-state index is 6.54. The Morgan fingerprint density at radius 2 is 1.83 bits per heavy atom. The van der Waals surface area contributed by atoms with Gasteiger partial charge in [-0.2, -0.15) is 0 Å². The van der Waals surface area contributed by atoms with E-state index in [-0.39, 0.29) is 5.60 Å². The van der Waals surface area contributed by atoms with E-state index in [0.717, 1.165) is 48.6 Å². The quantitative estimate of drug-likeness (QED) is 0.575. The first-order chi connectivity index (χ1) is 14.1. The maximum absolute atomic E-state index is 6.54. The lowest BCUT2D eigenvalue weighted by Crippen LogP contribution is -2.29. The largest absolute Gasteiger partial charge is 0.490 e. The molecule has 0 aromatic heterocycles. The Labute approximate surface area is 177 Å². The number of allylic oxidation sites excluding steroid dienone is 2. The second kappa shape index (κ2) is 7.55. The molecule has 2 aromatic rings. The normalized spacial score (nSPS) is 20.1. The molecule has 0 amide bonds. The summed E-state index contributed by atoms with van der Waals surface area (Å²) in [6, 6.07) is 16.3. The van der Waals surface area contributed by atoms with Crippen LogP contribution in [0.25, 0.3) is 5.57 Å². The van der Waals surface area contributed by atoms with Gasteiger partial charge in [0.1, 0.15) is 5.75 Å². The predicted octanol–water partition coefficient (Wildman–Crippen LogP) is 5.84. The molecule has 3 nitrogen and oxygen atoms in total. The van der Waals surface area contributed by atoms with Gasteiger partial charge in [0.15, 0.2) is 0 Å². The summed E-state index contributed by atoms with van der Waals surface area (Å²) >= 11 is 6.35. The van der Waals surface area contributed by atoms with Crippen molar-refractivity contribution in [3.8, 4) is 5.75 Å². The highest BCUT2D eigenvalue weighted by atomic mass is 35.5. The fourth-order valence-electron chi connectivity index (χ4n) is 3.97. The SMILES string of the molecule is CN1C=CC(c2ccccc2OC2CC2)=C(C2(OCc3ccccc3Cl)CC2)C1. The first-order valence-electron chi connectivity index (χ1n) is 10.4. The van der Waals surface area contributed by atoms with E-state index < -0.39 is 0 Å². The Bertz CT molecular complexity index is 972. The number of nitrogens with zero attached hydrogens (tertiary/aromatic N) is 1. The van der Waals surface area contributed by atoms with Crippen molar-refractivity contribution < 1.29 is 9.47 Å². The van der Waals surface area contributed by atoms with Gasteiger partial charge in [0, 0.05) is 24.2 Å². The fourth-order valence-corrected chi connectivity index (χ4v) is 4.16. The van der Waals surface area contributed by atoms with Crippen LogP contribution < -0.4 is 4.74 Å². The van der Waals surface area contributed by atoms with E-state index in [1.54, 1.807) is 0 Å². The number of hydrogen-bond acceptors (Lipinski definition) is 3. The topological polar surface area (TPSA) is 21.7 Å². The van der Waals surface area contributed by atoms with E-state index >= 15 is 0 Å². The van der Waals surface area contributed by atoms with Crippen molar-refractivity contribution in [1.82, 2.24) is 4.90 Å². The third kappa shape index (κ3) is 3.94. The van der Waals surface area contributed by atoms with Crippen molar-refractivity contribution in [3.63, 3.8) is 0 Å². The zero-order chi connectivity index (χ0) is 19.8. The number of hydrogen-bond donors (Lipinski definition) is 0. The Morgan fingerprint density at radius 3 is 2.59 bits per heavy atom. The molecule has 0 atom stereocenters. The van der Waals surface area contributed by atoms with E-state index in [2.05, 4.69) is 48.5 Å². The molecule has 2 aromatic carbocycles. The van der Waals surface area contributed by atoms with Gasteiger partial charge in [-0.1, -0.05) is 48.0 Å². The average molecular weight is 408 g/mol. The van der Waals surface area contributed by atoms with Crippen molar-refractivity contribution in [2.24, 2.45) is 0 Å². The maximum Gasteiger partial charge on any atom is 0.127 e. The van der Waals surface area contributed by atoms with Crippen LogP contribution in [-0.2, 0) is 11.3 Å². The van der Waals surface area contributed by atoms with Gasteiger partial charge in [-0.3, -0.25) is 0 Å². The monoisotopic (exact) mass is 407 g/mol. The average Bonchev–Trinajstić information content (AvgIpc) is 3.65. The van der Waals surface area contributed by atoms with Crippen LogP contribution in [0.3, 0.4) is 0 Å². The number of para-hydroxylation sites is 1. The minimum absolute atomic E-state index is 0.208. The lowest BCUT2D eigenvalue weighted by atomic mass is 9.91. The van der Waals surface area contributed by atoms with Crippen LogP contribution in [0.2, 0.25) is 5.02 Å². The first kappa shape index (κ1) is 18.8. The minimum atomic E-state index is -0.208. The van der Waals surface area contributed by atoms with Crippen LogP contribution in [-0.4, -0.2) is 30.2 Å². The number of ether oxygens (including phenoxy) is 2. The van der Waals surface area contributed by atoms with Crippen molar-refractivity contribution >= 4 is 17.2 Å². The molecule has 3 aliphatic rings. The summed E-state index contributed by atoms with van der Waals surface area (Å²) in [6.45, 7) is 1.40. The van der Waals surface area contributed by atoms with Crippen LogP contribution in [0.1, 0.15) is 36.8 Å². The van der Waals surface area contributed by atoms with Crippen molar-refractivity contribution in [2.75, 3.05) is 13.6 Å². The first-order valence-corrected chi connectivity index (χ1v) is 10.8. The molecule has 2 saturated carbocycles. The van der Waals surface area contributed by atoms with Gasteiger partial charge >= 0.3 is 0 Å². The van der Waals surface area contributed by atoms with Gasteiger partial charge in [0.2, 0.25) is 0 Å². The molecular weight excluding hydrogens is 382 g/mol. The van der Waals surface area contributed by atoms with Crippen molar-refractivity contribution in [1.29, 1.82) is 0 Å². The van der Waals surface area contributed by atoms with E-state index in [1.807, 2.05) is 24.3 Å². The lowest BCUT2D eigenvalue weighted by Gasteiger charge is -2.31. The van der Waals surface area contributed by atoms with Gasteiger partial charge in [-0.25, -0.2) is 0 Å². The van der Waals surface area contributed by atoms with E-state index in [0.29, 0.717) is 12.7 Å². The molecule has 0 N–H and O–H groups in total. The van der Waals surface area contributed by atoms with Gasteiger partial charge in [-0.05, 0) is 66.8 Å². The summed E-state index contributed by atoms with van der Waals surface area (Å²) in [5, 5.41) is 0.765. The molecule has 0 bridgehead atoms. The molecule has 0 unspecified atom stereocenters. The zero-order valence-electron chi connectivity index (χ0n) is 16.7. The van der Waals surface area contributed by atoms with E-state index in [4.69, 9.17) is 21.1 Å². The van der Waals surface area contributed by atoms with Crippen LogP contribution in [0.5, 0.6) is 5.75 Å². The van der Waals surface area contributed by atoms with Gasteiger partial charge in [0.05, 0.1) is 18.3 Å². The summed E-state index contributed by atoms with van der Waals surface area (Å²) in [5.41, 5.74) is 4.60. The number of likely N-dealkylation sites (N-methyl/N-ethyl adjacent to an activating group) is 1. The van der Waals surface area contributed by atoms with E-state index in [1.165, 1.54) is 16.7 Å². The van der Waals surface area contributed by atoms with Crippen molar-refractivity contribution in [2.45, 2.75) is 44.0 Å². The Morgan fingerprint density at radius 1 is 1.07 bits per heavy atom. The molecule has 1 aliphatic heterocycles. The molecule has 0 spiro atoms. The molecule has 0 radical (unpaired) electrons. The van der Waals surface area contributed by atoms with Crippen molar-refractivity contribution in [3.05, 3.63) is 82.5 Å². The van der Waals surface area contributed by atoms with Gasteiger partial charge < -0.3 is 14.4 Å². The number of halogens is 1. The molecule has 4 heteroatoms. The fraction of sp³-hybridized carbons (Fsp3) is 0.360. The van der Waals surface area contributed by atoms with Crippen LogP contribution >= 0.6 is 11.6 Å². The molecule has 0 saturated heterocycles. The third-order valence-corrected chi connectivity index (χ3v) is 6.31. The highest BCUT2D eigenvalue weighted by molar-refractivity contribution is 6.31. The Balaban J connectivity index is 1.48. The molecule has 5 rings (SSSR count). The molecule has 1 heterocycles. The van der Waals surface area contributed by atoms with Gasteiger partial charge in [0.25, 0.3) is 0 Å². The van der Waals surface area contributed by atoms with Crippen LogP contribution in [0.4, 0.5) is 0 Å². The smallest absolute Gasteiger partial charge is 0.127 e. The van der Waals surface area contributed by atoms with Crippen LogP contribution in [0, 0.1) is 0 Å². The summed E-state index contributed by atoms with van der Waals surface area (Å²) in [7, 11) is 2.12. The second-order valence-electron chi connectivity index (χ2n) is 8.31. The van der Waals surface area contributed by atoms with Gasteiger partial charge in [-0.15, -0.1) is 0 Å². The molecule has 150 valence electrons. The zero-order valence-corrected chi connectivity index (χ0v) is 17.5. The highest BCUT2D eigenvalue weighted by Gasteiger charge is 2.49. The third-order valence-electron chi connectivity index (χ3n) is 5.94. The Hall–Kier alpha value is -2.23. The van der Waals surface area contributed by atoms with Crippen LogP contribution in [0.15, 0.2) is 66.4 Å². The standard InChI is InChI=1S/C25H26ClNO2/c1-27-15-12-20(21-7-3-5-9-24(21)29-19-10-11-19)22(16-27)25(13-14-25)28-17-18-6-2-4-8-23(18)26/h2-9,12,15,19H,10-11,13-14,16-17H2,1H3. The van der Waals surface area contributed by atoms with E-state index in [9.17, 15) is 0 Å². The minimum Gasteiger partial charge on any atom is -0.490 e. The summed E-state index contributed by atoms with van der Waals surface area (Å²) in [6.07, 6.45) is 9.14. The predicted molar refractivity (Wildman–Crippen MR) is 117 cm³/mol. The molecular formula is C25H26ClNO2. The molecule has 2 fully saturated rings. The molecule has 2 aliphatic carbocycles.